The number of nitrogens with one attached hydrogen (secondary N) is 1. The van der Waals surface area contributed by atoms with Crippen molar-refractivity contribution < 1.29 is 9.18 Å². The quantitative estimate of drug-likeness (QED) is 0.646. The minimum atomic E-state index is -0.790. The van der Waals surface area contributed by atoms with Gasteiger partial charge in [-0.05, 0) is 42.7 Å². The largest absolute Gasteiger partial charge is 0.369 e. The Labute approximate surface area is 199 Å². The molecule has 3 fully saturated rings. The van der Waals surface area contributed by atoms with Gasteiger partial charge < -0.3 is 20.0 Å². The second-order valence-corrected chi connectivity index (χ2v) is 9.64. The molecule has 3 aliphatic rings. The van der Waals surface area contributed by atoms with Crippen molar-refractivity contribution in [3.63, 3.8) is 0 Å². The molecule has 2 aromatic heterocycles. The summed E-state index contributed by atoms with van der Waals surface area (Å²) in [4.78, 5) is 19.2. The summed E-state index contributed by atoms with van der Waals surface area (Å²) >= 11 is 0. The molecule has 2 aliphatic heterocycles. The summed E-state index contributed by atoms with van der Waals surface area (Å²) in [5.74, 6) is 0.0167. The molecule has 0 atom stereocenters. The Hall–Kier alpha value is -3.13. The van der Waals surface area contributed by atoms with E-state index in [0.29, 0.717) is 25.9 Å². The molecule has 178 valence electrons. The third-order valence-corrected chi connectivity index (χ3v) is 7.53. The lowest BCUT2D eigenvalue weighted by molar-refractivity contribution is -0.140. The molecule has 34 heavy (non-hydrogen) atoms. The van der Waals surface area contributed by atoms with Gasteiger partial charge in [0.2, 0.25) is 5.91 Å². The van der Waals surface area contributed by atoms with Gasteiger partial charge in [-0.2, -0.15) is 5.10 Å². The molecule has 4 heterocycles. The number of nitrogens with zero attached hydrogens (tertiary/aromatic N) is 5. The third-order valence-electron chi connectivity index (χ3n) is 7.53. The van der Waals surface area contributed by atoms with Crippen LogP contribution in [0.3, 0.4) is 0 Å². The van der Waals surface area contributed by atoms with Crippen molar-refractivity contribution in [2.75, 3.05) is 62.2 Å². The normalized spacial score (nSPS) is 23.3. The van der Waals surface area contributed by atoms with Gasteiger partial charge in [0.15, 0.2) is 0 Å². The van der Waals surface area contributed by atoms with E-state index in [2.05, 4.69) is 62.8 Å². The highest BCUT2D eigenvalue weighted by Gasteiger charge is 2.37. The number of benzene rings is 1. The maximum atomic E-state index is 13.2. The number of hydrogen-bond acceptors (Lipinski definition) is 5. The zero-order valence-electron chi connectivity index (χ0n) is 19.4. The molecular formula is C26H31FN6O. The summed E-state index contributed by atoms with van der Waals surface area (Å²) in [6.07, 6.45) is 3.93. The Balaban J connectivity index is 1.17. The molecule has 7 nitrogen and oxygen atoms in total. The first-order chi connectivity index (χ1) is 16.7. The van der Waals surface area contributed by atoms with E-state index in [1.807, 2.05) is 15.6 Å². The average molecular weight is 463 g/mol. The zero-order valence-corrected chi connectivity index (χ0v) is 19.4. The first-order valence-corrected chi connectivity index (χ1v) is 12.4. The summed E-state index contributed by atoms with van der Waals surface area (Å²) in [5.41, 5.74) is 5.80. The van der Waals surface area contributed by atoms with E-state index in [1.165, 1.54) is 11.3 Å². The lowest BCUT2D eigenvalue weighted by atomic mass is 9.82. The SMILES string of the molecule is O=C(C1CC(F)C1)N1CCN(c2ccnn3cc(-c4ccc(N5CCNCC5)cc4)cc23)CC1. The van der Waals surface area contributed by atoms with E-state index >= 15 is 0 Å². The Morgan fingerprint density at radius 3 is 2.35 bits per heavy atom. The van der Waals surface area contributed by atoms with Crippen molar-refractivity contribution in [3.05, 3.63) is 48.8 Å². The molecule has 0 unspecified atom stereocenters. The minimum Gasteiger partial charge on any atom is -0.369 e. The van der Waals surface area contributed by atoms with Gasteiger partial charge in [-0.25, -0.2) is 8.91 Å². The van der Waals surface area contributed by atoms with E-state index < -0.39 is 6.17 Å². The maximum absolute atomic E-state index is 13.2. The van der Waals surface area contributed by atoms with Crippen LogP contribution in [0, 0.1) is 5.92 Å². The van der Waals surface area contributed by atoms with Crippen LogP contribution in [0.2, 0.25) is 0 Å². The molecular weight excluding hydrogens is 431 g/mol. The molecule has 8 heteroatoms. The first-order valence-electron chi connectivity index (χ1n) is 12.4. The number of amides is 1. The number of fused-ring (bicyclic) bond motifs is 1. The number of alkyl halides is 1. The standard InChI is InChI=1S/C26H31FN6O/c27-22-15-20(16-22)26(34)32-13-11-31(12-14-32)24-5-6-29-33-18-21(17-25(24)33)19-1-3-23(4-2-19)30-9-7-28-8-10-30/h1-6,17-18,20,22,28H,7-16H2. The Bertz CT molecular complexity index is 1160. The Kier molecular flexibility index (Phi) is 5.61. The highest BCUT2D eigenvalue weighted by atomic mass is 19.1. The number of anilines is 2. The number of carbonyl (C=O) groups excluding carboxylic acids is 1. The van der Waals surface area contributed by atoms with E-state index in [9.17, 15) is 9.18 Å². The summed E-state index contributed by atoms with van der Waals surface area (Å²) in [6, 6.07) is 13.1. The molecule has 1 amide bonds. The van der Waals surface area contributed by atoms with Gasteiger partial charge in [0.25, 0.3) is 0 Å². The van der Waals surface area contributed by atoms with Crippen LogP contribution in [-0.4, -0.2) is 79.0 Å². The summed E-state index contributed by atoms with van der Waals surface area (Å²) in [6.45, 7) is 7.05. The van der Waals surface area contributed by atoms with Crippen molar-refractivity contribution in [3.8, 4) is 11.1 Å². The molecule has 6 rings (SSSR count). The van der Waals surface area contributed by atoms with Crippen LogP contribution in [0.4, 0.5) is 15.8 Å². The fourth-order valence-electron chi connectivity index (χ4n) is 5.39. The summed E-state index contributed by atoms with van der Waals surface area (Å²) < 4.78 is 15.1. The van der Waals surface area contributed by atoms with Crippen LogP contribution < -0.4 is 15.1 Å². The maximum Gasteiger partial charge on any atom is 0.226 e. The molecule has 1 aliphatic carbocycles. The lowest BCUT2D eigenvalue weighted by Crippen LogP contribution is -2.52. The van der Waals surface area contributed by atoms with Crippen LogP contribution in [0.25, 0.3) is 16.6 Å². The van der Waals surface area contributed by atoms with Gasteiger partial charge in [-0.15, -0.1) is 0 Å². The monoisotopic (exact) mass is 462 g/mol. The van der Waals surface area contributed by atoms with E-state index in [0.717, 1.165) is 56.0 Å². The lowest BCUT2D eigenvalue weighted by Gasteiger charge is -2.40. The molecule has 1 saturated carbocycles. The fraction of sp³-hybridized carbons (Fsp3) is 0.462. The van der Waals surface area contributed by atoms with Gasteiger partial charge in [-0.1, -0.05) is 12.1 Å². The van der Waals surface area contributed by atoms with Crippen LogP contribution >= 0.6 is 0 Å². The van der Waals surface area contributed by atoms with Gasteiger partial charge in [-0.3, -0.25) is 4.79 Å². The van der Waals surface area contributed by atoms with Crippen LogP contribution in [0.5, 0.6) is 0 Å². The van der Waals surface area contributed by atoms with Gasteiger partial charge >= 0.3 is 0 Å². The van der Waals surface area contributed by atoms with E-state index in [4.69, 9.17) is 0 Å². The molecule has 0 spiro atoms. The number of hydrogen-bond donors (Lipinski definition) is 1. The van der Waals surface area contributed by atoms with Gasteiger partial charge in [0, 0.05) is 81.9 Å². The number of piperazine rings is 2. The van der Waals surface area contributed by atoms with E-state index in [1.54, 1.807) is 0 Å². The number of carbonyl (C=O) groups is 1. The Morgan fingerprint density at radius 2 is 1.65 bits per heavy atom. The first kappa shape index (κ1) is 21.4. The number of rotatable bonds is 4. The zero-order chi connectivity index (χ0) is 23.1. The van der Waals surface area contributed by atoms with Crippen molar-refractivity contribution in [1.29, 1.82) is 0 Å². The van der Waals surface area contributed by atoms with Crippen molar-refractivity contribution in [2.24, 2.45) is 5.92 Å². The van der Waals surface area contributed by atoms with E-state index in [-0.39, 0.29) is 11.8 Å². The van der Waals surface area contributed by atoms with Crippen LogP contribution in [0.15, 0.2) is 48.8 Å². The summed E-state index contributed by atoms with van der Waals surface area (Å²) in [5, 5.41) is 7.94. The van der Waals surface area contributed by atoms with Crippen LogP contribution in [-0.2, 0) is 4.79 Å². The molecule has 0 radical (unpaired) electrons. The van der Waals surface area contributed by atoms with Crippen LogP contribution in [0.1, 0.15) is 12.8 Å². The van der Waals surface area contributed by atoms with Crippen molar-refractivity contribution >= 4 is 22.8 Å². The predicted molar refractivity (Wildman–Crippen MR) is 132 cm³/mol. The number of aromatic nitrogens is 2. The topological polar surface area (TPSA) is 56.1 Å². The predicted octanol–water partition coefficient (Wildman–Crippen LogP) is 2.81. The molecule has 2 saturated heterocycles. The third kappa shape index (κ3) is 4.00. The van der Waals surface area contributed by atoms with Crippen molar-refractivity contribution in [1.82, 2.24) is 19.8 Å². The molecule has 0 bridgehead atoms. The fourth-order valence-corrected chi connectivity index (χ4v) is 5.39. The highest BCUT2D eigenvalue weighted by molar-refractivity contribution is 5.82. The highest BCUT2D eigenvalue weighted by Crippen LogP contribution is 2.33. The second kappa shape index (κ2) is 8.91. The smallest absolute Gasteiger partial charge is 0.226 e. The molecule has 1 aromatic carbocycles. The summed E-state index contributed by atoms with van der Waals surface area (Å²) in [7, 11) is 0. The number of halogens is 1. The average Bonchev–Trinajstić information content (AvgIpc) is 3.32. The minimum absolute atomic E-state index is 0.111. The second-order valence-electron chi connectivity index (χ2n) is 9.64. The van der Waals surface area contributed by atoms with Crippen molar-refractivity contribution in [2.45, 2.75) is 19.0 Å². The molecule has 1 N–H and O–H groups in total. The molecule has 3 aromatic rings. The Morgan fingerprint density at radius 1 is 0.912 bits per heavy atom. The van der Waals surface area contributed by atoms with Gasteiger partial charge in [0.1, 0.15) is 6.17 Å². The van der Waals surface area contributed by atoms with Gasteiger partial charge in [0.05, 0.1) is 11.2 Å².